The lowest BCUT2D eigenvalue weighted by Gasteiger charge is -2.30. The molecule has 0 unspecified atom stereocenters. The van der Waals surface area contributed by atoms with Gasteiger partial charge in [0.15, 0.2) is 0 Å². The van der Waals surface area contributed by atoms with Gasteiger partial charge in [-0.25, -0.2) is 9.97 Å². The Hall–Kier alpha value is -7.54. The van der Waals surface area contributed by atoms with Crippen molar-refractivity contribution in [2.75, 3.05) is 14.2 Å². The number of benzene rings is 5. The molecule has 0 aliphatic heterocycles. The highest BCUT2D eigenvalue weighted by molar-refractivity contribution is 6.05. The highest BCUT2D eigenvalue weighted by Crippen LogP contribution is 2.45. The number of nitrogens with zero attached hydrogens (tertiary/aromatic N) is 4. The fraction of sp³-hybridized carbons (Fsp3) is 0.324. The number of methoxy groups -OCH3 is 2. The summed E-state index contributed by atoms with van der Waals surface area (Å²) in [6.45, 7) is 35.5. The van der Waals surface area contributed by atoms with Crippen LogP contribution in [0, 0.1) is 51.4 Å². The molecule has 0 saturated heterocycles. The van der Waals surface area contributed by atoms with Crippen LogP contribution in [0.2, 0.25) is 0 Å². The minimum atomic E-state index is -0.228. The maximum absolute atomic E-state index is 6.26. The molecular formula is C68H70N4O2. The average Bonchev–Trinajstić information content (AvgIpc) is 3.35. The van der Waals surface area contributed by atoms with Crippen molar-refractivity contribution >= 4 is 43.6 Å². The number of aromatic nitrogens is 4. The highest BCUT2D eigenvalue weighted by atomic mass is 16.5. The molecule has 0 saturated carbocycles. The van der Waals surface area contributed by atoms with E-state index in [9.17, 15) is 0 Å². The van der Waals surface area contributed by atoms with E-state index in [1.165, 1.54) is 0 Å². The van der Waals surface area contributed by atoms with Gasteiger partial charge in [-0.15, -0.1) is 0 Å². The summed E-state index contributed by atoms with van der Waals surface area (Å²) in [5.41, 5.74) is 19.1. The van der Waals surface area contributed by atoms with Gasteiger partial charge in [0.25, 0.3) is 0 Å². The Labute approximate surface area is 439 Å². The van der Waals surface area contributed by atoms with Gasteiger partial charge in [0, 0.05) is 84.0 Å². The van der Waals surface area contributed by atoms with E-state index in [0.29, 0.717) is 0 Å². The SMILES string of the molecule is COc1c(C(C)(C)C)cc(-c2ccc3ccc4cc(C#Cc5c(C)c(C)c(C#Cc6cnc7c(ccc8cccnc87)c6)c(C)c5C)c(-c5cc(C(C)(C)C)c(OC)c(C(C)(C)C)c5)nc4c3n2)cc1C(C)(C)C. The molecule has 0 aliphatic carbocycles. The van der Waals surface area contributed by atoms with E-state index >= 15 is 0 Å². The molecule has 4 heterocycles. The second-order valence-electron chi connectivity index (χ2n) is 24.2. The van der Waals surface area contributed by atoms with Crippen LogP contribution in [0.5, 0.6) is 11.5 Å². The van der Waals surface area contributed by atoms with E-state index < -0.39 is 0 Å². The normalized spacial score (nSPS) is 12.2. The zero-order chi connectivity index (χ0) is 53.4. The van der Waals surface area contributed by atoms with Gasteiger partial charge in [0.1, 0.15) is 11.5 Å². The predicted octanol–water partition coefficient (Wildman–Crippen LogP) is 16.5. The molecule has 6 nitrogen and oxygen atoms in total. The first-order chi connectivity index (χ1) is 34.8. The molecule has 374 valence electrons. The third kappa shape index (κ3) is 9.48. The van der Waals surface area contributed by atoms with E-state index in [4.69, 9.17) is 24.4 Å². The van der Waals surface area contributed by atoms with Gasteiger partial charge in [0.05, 0.1) is 53.2 Å². The molecular weight excluding hydrogens is 905 g/mol. The van der Waals surface area contributed by atoms with Crippen molar-refractivity contribution < 1.29 is 9.47 Å². The Kier molecular flexibility index (Phi) is 13.0. The Bertz CT molecular complexity index is 3800. The summed E-state index contributed by atoms with van der Waals surface area (Å²) in [6.07, 6.45) is 3.66. The van der Waals surface area contributed by atoms with Crippen LogP contribution in [0.3, 0.4) is 0 Å². The second kappa shape index (κ2) is 18.7. The lowest BCUT2D eigenvalue weighted by Crippen LogP contribution is -2.19. The van der Waals surface area contributed by atoms with E-state index in [2.05, 4.69) is 218 Å². The van der Waals surface area contributed by atoms with Crippen LogP contribution in [0.4, 0.5) is 0 Å². The number of fused-ring (bicyclic) bond motifs is 6. The molecule has 0 atom stereocenters. The first kappa shape index (κ1) is 51.4. The van der Waals surface area contributed by atoms with Crippen LogP contribution >= 0.6 is 0 Å². The topological polar surface area (TPSA) is 70.0 Å². The molecule has 6 heteroatoms. The fourth-order valence-electron chi connectivity index (χ4n) is 10.3. The van der Waals surface area contributed by atoms with Gasteiger partial charge in [-0.3, -0.25) is 9.97 Å². The quantitative estimate of drug-likeness (QED) is 0.129. The summed E-state index contributed by atoms with van der Waals surface area (Å²) in [4.78, 5) is 20.6. The van der Waals surface area contributed by atoms with Crippen molar-refractivity contribution in [3.05, 3.63) is 164 Å². The van der Waals surface area contributed by atoms with Crippen molar-refractivity contribution in [2.45, 2.75) is 132 Å². The minimum Gasteiger partial charge on any atom is -0.496 e. The van der Waals surface area contributed by atoms with Gasteiger partial charge in [0.2, 0.25) is 0 Å². The third-order valence-electron chi connectivity index (χ3n) is 14.7. The van der Waals surface area contributed by atoms with Crippen molar-refractivity contribution in [1.82, 2.24) is 19.9 Å². The van der Waals surface area contributed by atoms with Gasteiger partial charge in [-0.1, -0.05) is 143 Å². The smallest absolute Gasteiger partial charge is 0.126 e. The number of rotatable bonds is 4. The van der Waals surface area contributed by atoms with Crippen molar-refractivity contribution in [1.29, 1.82) is 0 Å². The third-order valence-corrected chi connectivity index (χ3v) is 14.7. The highest BCUT2D eigenvalue weighted by Gasteiger charge is 2.30. The number of hydrogen-bond acceptors (Lipinski definition) is 6. The predicted molar refractivity (Wildman–Crippen MR) is 310 cm³/mol. The molecule has 5 aromatic carbocycles. The van der Waals surface area contributed by atoms with Crippen LogP contribution in [0.1, 0.15) is 150 Å². The summed E-state index contributed by atoms with van der Waals surface area (Å²) < 4.78 is 12.4. The molecule has 0 fully saturated rings. The van der Waals surface area contributed by atoms with Gasteiger partial charge in [-0.2, -0.15) is 0 Å². The molecule has 4 aromatic heterocycles. The molecule has 0 radical (unpaired) electrons. The van der Waals surface area contributed by atoms with Crippen molar-refractivity contribution in [2.24, 2.45) is 0 Å². The second-order valence-corrected chi connectivity index (χ2v) is 24.2. The Morgan fingerprint density at radius 1 is 0.419 bits per heavy atom. The summed E-state index contributed by atoms with van der Waals surface area (Å²) in [5, 5.41) is 4.07. The lowest BCUT2D eigenvalue weighted by molar-refractivity contribution is 0.381. The van der Waals surface area contributed by atoms with E-state index in [0.717, 1.165) is 144 Å². The molecule has 0 N–H and O–H groups in total. The number of ether oxygens (including phenoxy) is 2. The fourth-order valence-corrected chi connectivity index (χ4v) is 10.3. The Morgan fingerprint density at radius 2 is 0.851 bits per heavy atom. The summed E-state index contributed by atoms with van der Waals surface area (Å²) in [5.74, 6) is 16.3. The molecule has 74 heavy (non-hydrogen) atoms. The summed E-state index contributed by atoms with van der Waals surface area (Å²) in [6, 6.07) is 30.2. The van der Waals surface area contributed by atoms with Crippen LogP contribution in [0.15, 0.2) is 97.3 Å². The Balaban J connectivity index is 1.24. The average molecular weight is 975 g/mol. The van der Waals surface area contributed by atoms with Gasteiger partial charge in [-0.05, 0) is 120 Å². The number of pyridine rings is 4. The monoisotopic (exact) mass is 975 g/mol. The number of hydrogen-bond donors (Lipinski definition) is 0. The van der Waals surface area contributed by atoms with Gasteiger partial charge < -0.3 is 9.47 Å². The van der Waals surface area contributed by atoms with Crippen molar-refractivity contribution in [3.63, 3.8) is 0 Å². The Morgan fingerprint density at radius 3 is 1.36 bits per heavy atom. The van der Waals surface area contributed by atoms with Gasteiger partial charge >= 0.3 is 0 Å². The summed E-state index contributed by atoms with van der Waals surface area (Å²) >= 11 is 0. The van der Waals surface area contributed by atoms with Crippen LogP contribution in [0.25, 0.3) is 66.1 Å². The summed E-state index contributed by atoms with van der Waals surface area (Å²) in [7, 11) is 3.56. The molecule has 0 bridgehead atoms. The maximum atomic E-state index is 6.26. The van der Waals surface area contributed by atoms with Crippen LogP contribution < -0.4 is 9.47 Å². The van der Waals surface area contributed by atoms with Crippen molar-refractivity contribution in [3.8, 4) is 57.7 Å². The van der Waals surface area contributed by atoms with E-state index in [-0.39, 0.29) is 21.7 Å². The van der Waals surface area contributed by atoms with Crippen LogP contribution in [-0.4, -0.2) is 34.2 Å². The van der Waals surface area contributed by atoms with E-state index in [1.54, 1.807) is 14.2 Å². The zero-order valence-electron chi connectivity index (χ0n) is 46.8. The van der Waals surface area contributed by atoms with Crippen LogP contribution in [-0.2, 0) is 21.7 Å². The minimum absolute atomic E-state index is 0.162. The molecule has 9 rings (SSSR count). The maximum Gasteiger partial charge on any atom is 0.126 e. The standard InChI is InChI=1S/C68H70N4O2/c1-39-41(3)52(42(4)40(2)51(39)28-21-43-32-46-24-22-44-20-19-31-69-59(44)60(46)70-38-43)29-26-47-33-48-25-23-45-27-30-57(49-34-53(65(5,6)7)63(73-17)54(35-49)66(8,9)10)71-61(45)62(48)72-58(47)50-36-55(67(11,12)13)64(74-18)56(37-50)68(14,15)16/h19-20,22-25,27,30-38H,1-18H3. The molecule has 0 aliphatic rings. The molecule has 0 spiro atoms. The zero-order valence-corrected chi connectivity index (χ0v) is 46.8. The first-order valence-electron chi connectivity index (χ1n) is 25.8. The largest absolute Gasteiger partial charge is 0.496 e. The molecule has 9 aromatic rings. The lowest BCUT2D eigenvalue weighted by atomic mass is 9.77. The first-order valence-corrected chi connectivity index (χ1v) is 25.8. The molecule has 0 amide bonds. The van der Waals surface area contributed by atoms with E-state index in [1.807, 2.05) is 18.5 Å².